The minimum atomic E-state index is -1.15. The summed E-state index contributed by atoms with van der Waals surface area (Å²) >= 11 is 6.42. The molecule has 4 N–H and O–H groups in total. The van der Waals surface area contributed by atoms with Crippen LogP contribution in [0.2, 0.25) is 5.02 Å². The molecular weight excluding hydrogens is 539 g/mol. The maximum absolute atomic E-state index is 14.0. The number of hydrogen-bond donors (Lipinski definition) is 4. The summed E-state index contributed by atoms with van der Waals surface area (Å²) in [5, 5.41) is 25.9. The van der Waals surface area contributed by atoms with Gasteiger partial charge in [0.1, 0.15) is 35.5 Å². The van der Waals surface area contributed by atoms with Crippen LogP contribution in [-0.4, -0.2) is 38.3 Å². The molecule has 0 saturated carbocycles. The van der Waals surface area contributed by atoms with Crippen molar-refractivity contribution in [3.63, 3.8) is 0 Å². The number of carboxylic acid groups (broad SMARTS) is 1. The Morgan fingerprint density at radius 2 is 1.90 bits per heavy atom. The van der Waals surface area contributed by atoms with Gasteiger partial charge in [-0.05, 0) is 67.6 Å². The second-order valence-corrected chi connectivity index (χ2v) is 9.37. The number of rotatable bonds is 10. The largest absolute Gasteiger partial charge is 0.480 e. The second-order valence-electron chi connectivity index (χ2n) is 8.96. The first-order valence-corrected chi connectivity index (χ1v) is 12.6. The molecule has 5 aromatic rings. The van der Waals surface area contributed by atoms with E-state index in [9.17, 15) is 19.4 Å². The van der Waals surface area contributed by atoms with Gasteiger partial charge in [0.25, 0.3) is 0 Å². The zero-order valence-electron chi connectivity index (χ0n) is 21.1. The number of aliphatic hydroxyl groups excluding tert-OH is 1. The van der Waals surface area contributed by atoms with E-state index in [1.54, 1.807) is 42.5 Å². The highest BCUT2D eigenvalue weighted by Crippen LogP contribution is 2.35. The van der Waals surface area contributed by atoms with Crippen molar-refractivity contribution in [1.29, 1.82) is 0 Å². The first-order valence-electron chi connectivity index (χ1n) is 12.3. The van der Waals surface area contributed by atoms with Crippen LogP contribution in [0, 0.1) is 5.82 Å². The molecule has 0 aliphatic heterocycles. The number of nitrogens with one attached hydrogen (secondary N) is 2. The van der Waals surface area contributed by atoms with Gasteiger partial charge in [-0.3, -0.25) is 10.1 Å². The fraction of sp³-hybridized carbons (Fsp3) is 0.138. The molecule has 0 aliphatic rings. The van der Waals surface area contributed by atoms with Crippen molar-refractivity contribution >= 4 is 40.0 Å². The molecule has 0 radical (unpaired) electrons. The number of fused-ring (bicyclic) bond motifs is 1. The summed E-state index contributed by atoms with van der Waals surface area (Å²) in [5.41, 5.74) is 2.09. The van der Waals surface area contributed by atoms with E-state index in [-0.39, 0.29) is 17.3 Å². The Labute approximate surface area is 233 Å². The highest BCUT2D eigenvalue weighted by molar-refractivity contribution is 6.32. The third-order valence-electron chi connectivity index (χ3n) is 6.08. The Kier molecular flexibility index (Phi) is 7.92. The second kappa shape index (κ2) is 11.7. The summed E-state index contributed by atoms with van der Waals surface area (Å²) in [6, 6.07) is 19.1. The van der Waals surface area contributed by atoms with E-state index >= 15 is 0 Å². The summed E-state index contributed by atoms with van der Waals surface area (Å²) in [6.45, 7) is 1.53. The van der Waals surface area contributed by atoms with Gasteiger partial charge in [0.15, 0.2) is 11.6 Å². The van der Waals surface area contributed by atoms with Gasteiger partial charge in [-0.1, -0.05) is 23.7 Å². The molecular formula is C29H24ClFN4O5. The van der Waals surface area contributed by atoms with Crippen LogP contribution in [0.1, 0.15) is 12.7 Å². The van der Waals surface area contributed by atoms with Crippen LogP contribution in [0.3, 0.4) is 0 Å². The van der Waals surface area contributed by atoms with Crippen molar-refractivity contribution in [2.75, 3.05) is 5.32 Å². The van der Waals surface area contributed by atoms with Gasteiger partial charge < -0.3 is 24.7 Å². The number of halogens is 2. The van der Waals surface area contributed by atoms with E-state index in [0.717, 1.165) is 10.9 Å². The number of aliphatic hydroxyl groups is 1. The highest BCUT2D eigenvalue weighted by Gasteiger charge is 2.22. The number of nitrogens with zero attached hydrogens (tertiary/aromatic N) is 2. The Balaban J connectivity index is 1.35. The van der Waals surface area contributed by atoms with Crippen LogP contribution in [0.4, 0.5) is 15.9 Å². The van der Waals surface area contributed by atoms with Crippen molar-refractivity contribution in [3.05, 3.63) is 95.7 Å². The Morgan fingerprint density at radius 3 is 2.65 bits per heavy atom. The van der Waals surface area contributed by atoms with E-state index < -0.39 is 23.9 Å². The number of para-hydroxylation sites is 1. The summed E-state index contributed by atoms with van der Waals surface area (Å²) in [6.07, 6.45) is 0.378. The number of carbonyl (C=O) groups is 1. The number of benzene rings is 3. The first kappa shape index (κ1) is 27.1. The van der Waals surface area contributed by atoms with Crippen LogP contribution in [0.15, 0.2) is 83.5 Å². The number of carboxylic acids is 1. The van der Waals surface area contributed by atoms with Gasteiger partial charge in [-0.25, -0.2) is 14.4 Å². The lowest BCUT2D eigenvalue weighted by molar-refractivity contribution is -0.142. The predicted octanol–water partition coefficient (Wildman–Crippen LogP) is 6.14. The number of ether oxygens (including phenoxy) is 1. The third-order valence-corrected chi connectivity index (χ3v) is 6.37. The zero-order valence-corrected chi connectivity index (χ0v) is 21.9. The number of hydrogen-bond acceptors (Lipinski definition) is 8. The van der Waals surface area contributed by atoms with Crippen molar-refractivity contribution in [2.45, 2.75) is 25.6 Å². The summed E-state index contributed by atoms with van der Waals surface area (Å²) in [4.78, 5) is 20.0. The SMILES string of the molecule is CC(O)C(NCc1ccc(-c2ccc3ncnc(Nc4ccc(Oc5ccccc5F)c(Cl)c4)c3c2)o1)C(=O)O. The molecule has 0 fully saturated rings. The minimum Gasteiger partial charge on any atom is -0.480 e. The van der Waals surface area contributed by atoms with Gasteiger partial charge >= 0.3 is 5.97 Å². The molecule has 2 aromatic heterocycles. The summed E-state index contributed by atoms with van der Waals surface area (Å²) in [7, 11) is 0. The van der Waals surface area contributed by atoms with Gasteiger partial charge in [-0.15, -0.1) is 0 Å². The molecule has 11 heteroatoms. The van der Waals surface area contributed by atoms with Crippen molar-refractivity contribution < 1.29 is 28.6 Å². The average Bonchev–Trinajstić information content (AvgIpc) is 3.40. The highest BCUT2D eigenvalue weighted by atomic mass is 35.5. The molecule has 0 saturated heterocycles. The fourth-order valence-electron chi connectivity index (χ4n) is 4.06. The van der Waals surface area contributed by atoms with Crippen LogP contribution in [0.25, 0.3) is 22.2 Å². The minimum absolute atomic E-state index is 0.0703. The predicted molar refractivity (Wildman–Crippen MR) is 148 cm³/mol. The summed E-state index contributed by atoms with van der Waals surface area (Å²) < 4.78 is 25.5. The smallest absolute Gasteiger partial charge is 0.323 e. The lowest BCUT2D eigenvalue weighted by Gasteiger charge is -2.16. The fourth-order valence-corrected chi connectivity index (χ4v) is 4.28. The lowest BCUT2D eigenvalue weighted by atomic mass is 10.1. The molecule has 9 nitrogen and oxygen atoms in total. The van der Waals surface area contributed by atoms with Crippen LogP contribution in [0.5, 0.6) is 11.5 Å². The van der Waals surface area contributed by atoms with Crippen LogP contribution < -0.4 is 15.4 Å². The van der Waals surface area contributed by atoms with E-state index in [4.69, 9.17) is 20.8 Å². The Morgan fingerprint density at radius 1 is 1.07 bits per heavy atom. The molecule has 5 rings (SSSR count). The van der Waals surface area contributed by atoms with Gasteiger partial charge in [0, 0.05) is 16.6 Å². The van der Waals surface area contributed by atoms with Gasteiger partial charge in [0.05, 0.1) is 23.2 Å². The average molecular weight is 563 g/mol. The molecule has 0 aliphatic carbocycles. The van der Waals surface area contributed by atoms with Crippen LogP contribution >= 0.6 is 11.6 Å². The van der Waals surface area contributed by atoms with Gasteiger partial charge in [-0.2, -0.15) is 0 Å². The molecule has 204 valence electrons. The molecule has 2 unspecified atom stereocenters. The van der Waals surface area contributed by atoms with E-state index in [0.29, 0.717) is 34.3 Å². The molecule has 2 atom stereocenters. The maximum Gasteiger partial charge on any atom is 0.323 e. The van der Waals surface area contributed by atoms with E-state index in [2.05, 4.69) is 20.6 Å². The van der Waals surface area contributed by atoms with Crippen molar-refractivity contribution in [2.24, 2.45) is 0 Å². The number of furan rings is 1. The van der Waals surface area contributed by atoms with Crippen molar-refractivity contribution in [3.8, 4) is 22.8 Å². The molecule has 2 heterocycles. The molecule has 40 heavy (non-hydrogen) atoms. The van der Waals surface area contributed by atoms with E-state index in [1.165, 1.54) is 25.4 Å². The Hall–Kier alpha value is -4.51. The normalized spacial score (nSPS) is 12.7. The monoisotopic (exact) mass is 562 g/mol. The first-order chi connectivity index (χ1) is 19.3. The quantitative estimate of drug-likeness (QED) is 0.158. The number of aromatic nitrogens is 2. The Bertz CT molecular complexity index is 1680. The van der Waals surface area contributed by atoms with Gasteiger partial charge in [0.2, 0.25) is 0 Å². The third kappa shape index (κ3) is 6.04. The zero-order chi connectivity index (χ0) is 28.2. The van der Waals surface area contributed by atoms with Crippen molar-refractivity contribution in [1.82, 2.24) is 15.3 Å². The summed E-state index contributed by atoms with van der Waals surface area (Å²) in [5.74, 6) is 0.338. The van der Waals surface area contributed by atoms with E-state index in [1.807, 2.05) is 18.2 Å². The standard InChI is InChI=1S/C29H24ClFN4O5/c1-16(36)27(29(37)38)32-14-19-8-11-24(39-19)17-6-9-23-20(12-17)28(34-15-33-23)35-18-7-10-25(21(30)13-18)40-26-5-3-2-4-22(26)31/h2-13,15-16,27,32,36H,14H2,1H3,(H,37,38)(H,33,34,35). The lowest BCUT2D eigenvalue weighted by Crippen LogP contribution is -2.44. The number of aliphatic carboxylic acids is 1. The number of anilines is 2. The van der Waals surface area contributed by atoms with Crippen LogP contribution in [-0.2, 0) is 11.3 Å². The molecule has 0 amide bonds. The maximum atomic E-state index is 14.0. The molecule has 3 aromatic carbocycles. The molecule has 0 spiro atoms. The molecule has 0 bridgehead atoms. The topological polar surface area (TPSA) is 130 Å².